The monoisotopic (exact) mass is 376 g/mol. The summed E-state index contributed by atoms with van der Waals surface area (Å²) in [5, 5.41) is 2.41. The van der Waals surface area contributed by atoms with E-state index in [2.05, 4.69) is 5.32 Å². The molecule has 1 aliphatic rings. The van der Waals surface area contributed by atoms with E-state index in [0.717, 1.165) is 31.1 Å². The quantitative estimate of drug-likeness (QED) is 0.788. The summed E-state index contributed by atoms with van der Waals surface area (Å²) in [6, 6.07) is 6.42. The first-order valence-corrected chi connectivity index (χ1v) is 8.54. The molecule has 3 rings (SSSR count). The molecular weight excluding hydrogens is 357 g/mol. The number of hydrogen-bond acceptors (Lipinski definition) is 3. The molecule has 0 saturated carbocycles. The van der Waals surface area contributed by atoms with Crippen molar-refractivity contribution in [2.75, 3.05) is 30.4 Å². The van der Waals surface area contributed by atoms with E-state index in [9.17, 15) is 18.0 Å². The second-order valence-corrected chi connectivity index (χ2v) is 6.20. The number of ether oxygens (including phenoxy) is 1. The van der Waals surface area contributed by atoms with Gasteiger partial charge in [0, 0.05) is 24.9 Å². The highest BCUT2D eigenvalue weighted by molar-refractivity contribution is 6.02. The molecule has 1 N–H and O–H groups in total. The second kappa shape index (κ2) is 8.16. The summed E-state index contributed by atoms with van der Waals surface area (Å²) in [6.45, 7) is 1.22. The van der Waals surface area contributed by atoms with Gasteiger partial charge in [-0.1, -0.05) is 6.07 Å². The number of benzene rings is 2. The largest absolute Gasteiger partial charge is 0.494 e. The van der Waals surface area contributed by atoms with Crippen LogP contribution in [0, 0.1) is 17.5 Å². The van der Waals surface area contributed by atoms with Crippen molar-refractivity contribution in [3.05, 3.63) is 59.4 Å². The zero-order chi connectivity index (χ0) is 19.4. The van der Waals surface area contributed by atoms with Gasteiger partial charge in [-0.05, 0) is 48.7 Å². The van der Waals surface area contributed by atoms with Crippen LogP contribution in [0.2, 0.25) is 0 Å². The van der Waals surface area contributed by atoms with Gasteiger partial charge in [-0.25, -0.2) is 13.2 Å². The Morgan fingerprint density at radius 1 is 1.07 bits per heavy atom. The molecule has 2 aromatic carbocycles. The fourth-order valence-corrected chi connectivity index (χ4v) is 3.02. The van der Waals surface area contributed by atoms with Crippen LogP contribution >= 0.6 is 0 Å². The standard InChI is InChI=1S/C20H19F3N2O2/c1-27-18-6-4-13(10-15(18)21)5-7-19(26)24-14-11-16(22)20(17(23)12-14)25-8-2-3-9-25/h4-7,10-12H,2-3,8-9H2,1H3,(H,24,26)/b7-5+. The van der Waals surface area contributed by atoms with Gasteiger partial charge in [0.25, 0.3) is 0 Å². The molecule has 7 heteroatoms. The van der Waals surface area contributed by atoms with E-state index < -0.39 is 23.4 Å². The van der Waals surface area contributed by atoms with Crippen LogP contribution in [-0.2, 0) is 4.79 Å². The summed E-state index contributed by atoms with van der Waals surface area (Å²) in [5.41, 5.74) is 0.406. The van der Waals surface area contributed by atoms with Crippen LogP contribution < -0.4 is 15.0 Å². The molecular formula is C20H19F3N2O2. The van der Waals surface area contributed by atoms with E-state index in [1.165, 1.54) is 25.3 Å². The molecule has 1 amide bonds. The summed E-state index contributed by atoms with van der Waals surface area (Å²) < 4.78 is 47.0. The molecule has 2 aromatic rings. The predicted molar refractivity (Wildman–Crippen MR) is 98.4 cm³/mol. The fourth-order valence-electron chi connectivity index (χ4n) is 3.02. The third-order valence-electron chi connectivity index (χ3n) is 4.31. The average molecular weight is 376 g/mol. The van der Waals surface area contributed by atoms with Crippen LogP contribution in [0.3, 0.4) is 0 Å². The van der Waals surface area contributed by atoms with Gasteiger partial charge >= 0.3 is 0 Å². The number of nitrogens with one attached hydrogen (secondary N) is 1. The SMILES string of the molecule is COc1ccc(/C=C/C(=O)Nc2cc(F)c(N3CCCC3)c(F)c2)cc1F. The van der Waals surface area contributed by atoms with Crippen LogP contribution in [0.15, 0.2) is 36.4 Å². The molecule has 1 heterocycles. The van der Waals surface area contributed by atoms with Crippen LogP contribution in [-0.4, -0.2) is 26.1 Å². The van der Waals surface area contributed by atoms with Gasteiger partial charge < -0.3 is 15.0 Å². The number of hydrogen-bond donors (Lipinski definition) is 1. The molecule has 0 aromatic heterocycles. The molecule has 27 heavy (non-hydrogen) atoms. The maximum Gasteiger partial charge on any atom is 0.248 e. The summed E-state index contributed by atoms with van der Waals surface area (Å²) in [4.78, 5) is 13.6. The zero-order valence-electron chi connectivity index (χ0n) is 14.8. The van der Waals surface area contributed by atoms with Gasteiger partial charge in [-0.2, -0.15) is 0 Å². The number of amides is 1. The van der Waals surface area contributed by atoms with Crippen molar-refractivity contribution in [2.24, 2.45) is 0 Å². The van der Waals surface area contributed by atoms with Crippen molar-refractivity contribution in [1.29, 1.82) is 0 Å². The van der Waals surface area contributed by atoms with Crippen molar-refractivity contribution in [3.63, 3.8) is 0 Å². The molecule has 1 aliphatic heterocycles. The third kappa shape index (κ3) is 4.42. The first-order chi connectivity index (χ1) is 13.0. The fraction of sp³-hybridized carbons (Fsp3) is 0.250. The maximum absolute atomic E-state index is 14.3. The molecule has 0 atom stereocenters. The van der Waals surface area contributed by atoms with Gasteiger partial charge in [0.05, 0.1) is 7.11 Å². The number of carbonyl (C=O) groups is 1. The van der Waals surface area contributed by atoms with Gasteiger partial charge in [0.15, 0.2) is 23.2 Å². The minimum Gasteiger partial charge on any atom is -0.494 e. The van der Waals surface area contributed by atoms with Crippen LogP contribution in [0.5, 0.6) is 5.75 Å². The van der Waals surface area contributed by atoms with E-state index >= 15 is 0 Å². The third-order valence-corrected chi connectivity index (χ3v) is 4.31. The summed E-state index contributed by atoms with van der Waals surface area (Å²) >= 11 is 0. The Morgan fingerprint density at radius 2 is 1.74 bits per heavy atom. The van der Waals surface area contributed by atoms with Crippen molar-refractivity contribution >= 4 is 23.4 Å². The Hall–Kier alpha value is -2.96. The average Bonchev–Trinajstić information content (AvgIpc) is 3.13. The second-order valence-electron chi connectivity index (χ2n) is 6.20. The highest BCUT2D eigenvalue weighted by Gasteiger charge is 2.21. The van der Waals surface area contributed by atoms with Crippen LogP contribution in [0.25, 0.3) is 6.08 Å². The number of rotatable bonds is 5. The Balaban J connectivity index is 1.69. The van der Waals surface area contributed by atoms with Crippen molar-refractivity contribution < 1.29 is 22.7 Å². The molecule has 4 nitrogen and oxygen atoms in total. The molecule has 0 aliphatic carbocycles. The highest BCUT2D eigenvalue weighted by atomic mass is 19.1. The van der Waals surface area contributed by atoms with Crippen molar-refractivity contribution in [2.45, 2.75) is 12.8 Å². The lowest BCUT2D eigenvalue weighted by Crippen LogP contribution is -2.21. The van der Waals surface area contributed by atoms with Crippen molar-refractivity contribution in [1.82, 2.24) is 0 Å². The zero-order valence-corrected chi connectivity index (χ0v) is 14.8. The van der Waals surface area contributed by atoms with Crippen LogP contribution in [0.4, 0.5) is 24.5 Å². The Kier molecular flexibility index (Phi) is 5.69. The molecule has 1 fully saturated rings. The van der Waals surface area contributed by atoms with Crippen molar-refractivity contribution in [3.8, 4) is 5.75 Å². The summed E-state index contributed by atoms with van der Waals surface area (Å²) in [5.74, 6) is -2.47. The summed E-state index contributed by atoms with van der Waals surface area (Å²) in [6.07, 6.45) is 4.34. The molecule has 0 unspecified atom stereocenters. The van der Waals surface area contributed by atoms with Gasteiger partial charge in [0.2, 0.25) is 5.91 Å². The predicted octanol–water partition coefficient (Wildman–Crippen LogP) is 4.36. The van der Waals surface area contributed by atoms with E-state index in [-0.39, 0.29) is 17.1 Å². The molecule has 1 saturated heterocycles. The molecule has 0 radical (unpaired) electrons. The topological polar surface area (TPSA) is 41.6 Å². The molecule has 142 valence electrons. The number of nitrogens with zero attached hydrogens (tertiary/aromatic N) is 1. The van der Waals surface area contributed by atoms with E-state index in [1.807, 2.05) is 0 Å². The summed E-state index contributed by atoms with van der Waals surface area (Å²) in [7, 11) is 1.36. The first kappa shape index (κ1) is 18.8. The van der Waals surface area contributed by atoms with E-state index in [4.69, 9.17) is 4.74 Å². The minimum atomic E-state index is -0.714. The number of carbonyl (C=O) groups excluding carboxylic acids is 1. The Labute approximate surface area is 155 Å². The van der Waals surface area contributed by atoms with E-state index in [1.54, 1.807) is 11.0 Å². The maximum atomic E-state index is 14.3. The lowest BCUT2D eigenvalue weighted by atomic mass is 10.2. The normalized spacial score (nSPS) is 14.0. The lowest BCUT2D eigenvalue weighted by Gasteiger charge is -2.19. The van der Waals surface area contributed by atoms with Gasteiger partial charge in [-0.15, -0.1) is 0 Å². The minimum absolute atomic E-state index is 0.0171. The smallest absolute Gasteiger partial charge is 0.248 e. The number of halogens is 3. The molecule has 0 bridgehead atoms. The Morgan fingerprint density at radius 3 is 2.33 bits per heavy atom. The van der Waals surface area contributed by atoms with E-state index in [0.29, 0.717) is 18.7 Å². The number of methoxy groups -OCH3 is 1. The highest BCUT2D eigenvalue weighted by Crippen LogP contribution is 2.29. The Bertz CT molecular complexity index is 855. The van der Waals surface area contributed by atoms with Crippen LogP contribution in [0.1, 0.15) is 18.4 Å². The lowest BCUT2D eigenvalue weighted by molar-refractivity contribution is -0.111. The first-order valence-electron chi connectivity index (χ1n) is 8.54. The molecule has 0 spiro atoms. The van der Waals surface area contributed by atoms with Gasteiger partial charge in [0.1, 0.15) is 5.69 Å². The van der Waals surface area contributed by atoms with Gasteiger partial charge in [-0.3, -0.25) is 4.79 Å². The number of anilines is 2.